The standard InChI is InChI=1S/C36H44ClN9O3S/c1-23-8-4-5-10-30(23)45-46(3)36(49)32(19-39)44-34(48)31(11-6-15-38)43-20-26-9-7-16-42-35(26)50-33-28(21-40-22-47)27(12-13-29(33)37)25-14-17-41-24(2)18-25/h4-5,7-10,12-14,16-18,22,31-32,43,45H,6,11,15,19-21,38-39H2,1-3H3,(H,40,47)(H,44,48)/t31-,32-/m0/s1. The Bertz CT molecular complexity index is 1780. The van der Waals surface area contributed by atoms with Gasteiger partial charge in [-0.15, -0.1) is 0 Å². The number of aromatic nitrogens is 2. The van der Waals surface area contributed by atoms with Crippen molar-refractivity contribution in [3.8, 4) is 11.1 Å². The van der Waals surface area contributed by atoms with Crippen molar-refractivity contribution < 1.29 is 14.4 Å². The minimum absolute atomic E-state index is 0.0858. The van der Waals surface area contributed by atoms with Gasteiger partial charge >= 0.3 is 0 Å². The van der Waals surface area contributed by atoms with E-state index in [0.717, 1.165) is 44.1 Å². The maximum atomic E-state index is 13.6. The van der Waals surface area contributed by atoms with E-state index >= 15 is 0 Å². The minimum Gasteiger partial charge on any atom is -0.355 e. The molecule has 0 spiro atoms. The number of likely N-dealkylation sites (N-methyl/N-ethyl adjacent to an activating group) is 1. The van der Waals surface area contributed by atoms with Crippen LogP contribution in [-0.2, 0) is 27.5 Å². The Morgan fingerprint density at radius 2 is 1.80 bits per heavy atom. The first-order valence-corrected chi connectivity index (χ1v) is 17.4. The van der Waals surface area contributed by atoms with E-state index in [4.69, 9.17) is 23.1 Å². The molecule has 2 aromatic heterocycles. The molecule has 4 aromatic rings. The minimum atomic E-state index is -0.951. The van der Waals surface area contributed by atoms with Crippen molar-refractivity contribution in [2.45, 2.75) is 61.8 Å². The van der Waals surface area contributed by atoms with Crippen LogP contribution in [0.15, 0.2) is 83.0 Å². The Hall–Kier alpha value is -4.53. The number of hydrogen-bond acceptors (Lipinski definition) is 10. The van der Waals surface area contributed by atoms with Crippen LogP contribution < -0.4 is 32.8 Å². The van der Waals surface area contributed by atoms with Gasteiger partial charge in [0.25, 0.3) is 5.91 Å². The van der Waals surface area contributed by atoms with E-state index in [0.29, 0.717) is 35.8 Å². The second-order valence-corrected chi connectivity index (χ2v) is 13.0. The highest BCUT2D eigenvalue weighted by Crippen LogP contribution is 2.41. The Labute approximate surface area is 302 Å². The fourth-order valence-corrected chi connectivity index (χ4v) is 6.64. The van der Waals surface area contributed by atoms with Crippen molar-refractivity contribution in [3.05, 3.63) is 100 Å². The van der Waals surface area contributed by atoms with Gasteiger partial charge in [-0.1, -0.05) is 53.7 Å². The molecule has 0 aliphatic heterocycles. The molecule has 0 saturated heterocycles. The lowest BCUT2D eigenvalue weighted by Crippen LogP contribution is -2.56. The molecule has 14 heteroatoms. The number of nitrogens with one attached hydrogen (secondary N) is 4. The molecule has 0 saturated carbocycles. The normalized spacial score (nSPS) is 12.1. The van der Waals surface area contributed by atoms with Gasteiger partial charge in [-0.25, -0.2) is 4.98 Å². The molecular weight excluding hydrogens is 674 g/mol. The monoisotopic (exact) mass is 717 g/mol. The fraction of sp³-hybridized carbons (Fsp3) is 0.306. The van der Waals surface area contributed by atoms with Gasteiger partial charge in [-0.2, -0.15) is 0 Å². The van der Waals surface area contributed by atoms with E-state index in [1.165, 1.54) is 16.8 Å². The molecule has 2 aromatic carbocycles. The van der Waals surface area contributed by atoms with Crippen LogP contribution in [0.3, 0.4) is 0 Å². The lowest BCUT2D eigenvalue weighted by molar-refractivity contribution is -0.134. The molecule has 0 bridgehead atoms. The molecule has 0 unspecified atom stereocenters. The third-order valence-corrected chi connectivity index (χ3v) is 9.66. The van der Waals surface area contributed by atoms with Gasteiger partial charge in [0.15, 0.2) is 0 Å². The quantitative estimate of drug-likeness (QED) is 0.0652. The fourth-order valence-electron chi connectivity index (χ4n) is 5.30. The summed E-state index contributed by atoms with van der Waals surface area (Å²) in [6, 6.07) is 17.4. The van der Waals surface area contributed by atoms with Gasteiger partial charge in [0, 0.05) is 49.7 Å². The van der Waals surface area contributed by atoms with Crippen LogP contribution >= 0.6 is 23.4 Å². The van der Waals surface area contributed by atoms with Gasteiger partial charge in [0.2, 0.25) is 12.3 Å². The zero-order chi connectivity index (χ0) is 36.0. The Morgan fingerprint density at radius 3 is 2.52 bits per heavy atom. The molecule has 4 rings (SSSR count). The zero-order valence-corrected chi connectivity index (χ0v) is 30.0. The SMILES string of the molecule is Cc1cc(-c2ccc(Cl)c(Sc3ncccc3CN[C@@H](CCCN)C(=O)N[C@@H](CN)C(=O)N(C)Nc3ccccc3C)c2CNC=O)ccn1. The number of nitrogens with two attached hydrogens (primary N) is 2. The van der Waals surface area contributed by atoms with Crippen LogP contribution in [0.4, 0.5) is 5.69 Å². The molecule has 2 heterocycles. The highest BCUT2D eigenvalue weighted by atomic mass is 35.5. The van der Waals surface area contributed by atoms with Crippen molar-refractivity contribution in [1.29, 1.82) is 0 Å². The number of rotatable bonds is 18. The van der Waals surface area contributed by atoms with Crippen LogP contribution in [0, 0.1) is 13.8 Å². The van der Waals surface area contributed by atoms with Crippen molar-refractivity contribution in [2.75, 3.05) is 25.6 Å². The number of pyridine rings is 2. The number of hydrogen-bond donors (Lipinski definition) is 6. The third-order valence-electron chi connectivity index (χ3n) is 8.00. The van der Waals surface area contributed by atoms with E-state index in [9.17, 15) is 14.4 Å². The number of nitrogens with zero attached hydrogens (tertiary/aromatic N) is 3. The topological polar surface area (TPSA) is 180 Å². The van der Waals surface area contributed by atoms with Gasteiger partial charge in [0.05, 0.1) is 16.8 Å². The first-order valence-electron chi connectivity index (χ1n) is 16.2. The average molecular weight is 718 g/mol. The van der Waals surface area contributed by atoms with Crippen molar-refractivity contribution >= 4 is 47.3 Å². The summed E-state index contributed by atoms with van der Waals surface area (Å²) in [6.07, 6.45) is 5.11. The predicted octanol–water partition coefficient (Wildman–Crippen LogP) is 3.94. The molecule has 0 aliphatic rings. The highest BCUT2D eigenvalue weighted by Gasteiger charge is 2.27. The summed E-state index contributed by atoms with van der Waals surface area (Å²) in [5, 5.41) is 11.5. The number of anilines is 1. The highest BCUT2D eigenvalue weighted by molar-refractivity contribution is 7.99. The molecular formula is C36H44ClN9O3S. The molecule has 264 valence electrons. The summed E-state index contributed by atoms with van der Waals surface area (Å²) in [7, 11) is 1.59. The third kappa shape index (κ3) is 10.2. The van der Waals surface area contributed by atoms with Crippen LogP contribution in [0.2, 0.25) is 5.02 Å². The van der Waals surface area contributed by atoms with Gasteiger partial charge in [-0.05, 0) is 91.4 Å². The van der Waals surface area contributed by atoms with Crippen LogP contribution in [0.25, 0.3) is 11.1 Å². The number of amides is 3. The lowest BCUT2D eigenvalue weighted by Gasteiger charge is -2.27. The maximum absolute atomic E-state index is 13.6. The van der Waals surface area contributed by atoms with E-state index < -0.39 is 12.1 Å². The van der Waals surface area contributed by atoms with E-state index in [1.807, 2.05) is 74.5 Å². The first-order chi connectivity index (χ1) is 24.2. The number of para-hydroxylation sites is 1. The molecule has 3 amide bonds. The number of hydrazine groups is 1. The Morgan fingerprint density at radius 1 is 1.00 bits per heavy atom. The molecule has 50 heavy (non-hydrogen) atoms. The smallest absolute Gasteiger partial charge is 0.264 e. The number of carbonyl (C=O) groups excluding carboxylic acids is 3. The molecule has 0 aliphatic carbocycles. The largest absolute Gasteiger partial charge is 0.355 e. The summed E-state index contributed by atoms with van der Waals surface area (Å²) in [6.45, 7) is 4.70. The van der Waals surface area contributed by atoms with Crippen LogP contribution in [-0.4, -0.2) is 65.4 Å². The maximum Gasteiger partial charge on any atom is 0.264 e. The van der Waals surface area contributed by atoms with Crippen LogP contribution in [0.1, 0.15) is 35.2 Å². The molecule has 2 atom stereocenters. The second-order valence-electron chi connectivity index (χ2n) is 11.6. The van der Waals surface area contributed by atoms with Gasteiger partial charge in [0.1, 0.15) is 11.1 Å². The second kappa shape index (κ2) is 19.0. The van der Waals surface area contributed by atoms with E-state index in [1.54, 1.807) is 19.4 Å². The molecule has 12 nitrogen and oxygen atoms in total. The Balaban J connectivity index is 1.53. The van der Waals surface area contributed by atoms with Crippen molar-refractivity contribution in [2.24, 2.45) is 11.5 Å². The zero-order valence-electron chi connectivity index (χ0n) is 28.4. The van der Waals surface area contributed by atoms with Gasteiger partial charge in [-0.3, -0.25) is 29.8 Å². The summed E-state index contributed by atoms with van der Waals surface area (Å²) in [5.74, 6) is -0.746. The predicted molar refractivity (Wildman–Crippen MR) is 198 cm³/mol. The molecule has 0 fully saturated rings. The number of halogens is 1. The number of benzene rings is 2. The van der Waals surface area contributed by atoms with E-state index in [2.05, 4.69) is 31.3 Å². The van der Waals surface area contributed by atoms with Crippen molar-refractivity contribution in [1.82, 2.24) is 30.9 Å². The molecule has 0 radical (unpaired) electrons. The lowest BCUT2D eigenvalue weighted by atomic mass is 10.00. The van der Waals surface area contributed by atoms with Gasteiger partial charge < -0.3 is 27.4 Å². The first kappa shape index (κ1) is 38.3. The average Bonchev–Trinajstić information content (AvgIpc) is 3.11. The summed E-state index contributed by atoms with van der Waals surface area (Å²) < 4.78 is 0. The van der Waals surface area contributed by atoms with Crippen molar-refractivity contribution in [3.63, 3.8) is 0 Å². The number of carbonyl (C=O) groups is 3. The summed E-state index contributed by atoms with van der Waals surface area (Å²) in [4.78, 5) is 48.0. The summed E-state index contributed by atoms with van der Waals surface area (Å²) in [5.41, 5.74) is 21.0. The van der Waals surface area contributed by atoms with Crippen LogP contribution in [0.5, 0.6) is 0 Å². The number of aryl methyl sites for hydroxylation is 2. The molecule has 8 N–H and O–H groups in total. The Kier molecular flexibility index (Phi) is 14.6. The van der Waals surface area contributed by atoms with E-state index in [-0.39, 0.29) is 31.4 Å². The summed E-state index contributed by atoms with van der Waals surface area (Å²) >= 11 is 8.17.